The largest absolute Gasteiger partial charge is 0.489 e. The molecule has 0 aromatic heterocycles. The molecular weight excluding hydrogens is 448 g/mol. The lowest BCUT2D eigenvalue weighted by molar-refractivity contribution is 0.0955. The molecule has 0 aliphatic heterocycles. The molecule has 0 radical (unpaired) electrons. The van der Waals surface area contributed by atoms with E-state index >= 15 is 0 Å². The molecule has 5 nitrogen and oxygen atoms in total. The fourth-order valence-electron chi connectivity index (χ4n) is 3.13. The predicted octanol–water partition coefficient (Wildman–Crippen LogP) is 6.26. The van der Waals surface area contributed by atoms with E-state index in [0.29, 0.717) is 35.3 Å². The number of para-hydroxylation sites is 1. The third-order valence-electron chi connectivity index (χ3n) is 4.96. The number of nitrogens with zero attached hydrogens (tertiary/aromatic N) is 1. The van der Waals surface area contributed by atoms with Gasteiger partial charge in [0, 0.05) is 16.1 Å². The second kappa shape index (κ2) is 11.7. The number of ether oxygens (including phenoxy) is 2. The molecule has 4 aromatic carbocycles. The van der Waals surface area contributed by atoms with Gasteiger partial charge < -0.3 is 9.47 Å². The van der Waals surface area contributed by atoms with Gasteiger partial charge in [0.25, 0.3) is 5.91 Å². The maximum atomic E-state index is 12.4. The zero-order chi connectivity index (χ0) is 23.6. The summed E-state index contributed by atoms with van der Waals surface area (Å²) < 4.78 is 11.7. The van der Waals surface area contributed by atoms with Crippen LogP contribution in [0.25, 0.3) is 0 Å². The molecule has 4 rings (SSSR count). The van der Waals surface area contributed by atoms with E-state index in [2.05, 4.69) is 10.5 Å². The number of benzene rings is 4. The lowest BCUT2D eigenvalue weighted by Crippen LogP contribution is -2.17. The van der Waals surface area contributed by atoms with Crippen molar-refractivity contribution in [1.29, 1.82) is 0 Å². The molecule has 0 unspecified atom stereocenters. The highest BCUT2D eigenvalue weighted by atomic mass is 35.5. The normalized spacial score (nSPS) is 10.7. The summed E-state index contributed by atoms with van der Waals surface area (Å²) in [6.45, 7) is 0.864. The van der Waals surface area contributed by atoms with Crippen molar-refractivity contribution in [3.05, 3.63) is 130 Å². The number of nitrogens with one attached hydrogen (secondary N) is 1. The fraction of sp³-hybridized carbons (Fsp3) is 0.0714. The van der Waals surface area contributed by atoms with Crippen molar-refractivity contribution in [2.24, 2.45) is 5.10 Å². The highest BCUT2D eigenvalue weighted by Crippen LogP contribution is 2.18. The van der Waals surface area contributed by atoms with Gasteiger partial charge in [0.05, 0.1) is 6.21 Å². The van der Waals surface area contributed by atoms with Crippen LogP contribution in [0, 0.1) is 0 Å². The maximum Gasteiger partial charge on any atom is 0.271 e. The first-order valence-electron chi connectivity index (χ1n) is 10.7. The second-order valence-corrected chi connectivity index (χ2v) is 7.89. The molecule has 0 aliphatic carbocycles. The van der Waals surface area contributed by atoms with Crippen molar-refractivity contribution in [2.75, 3.05) is 0 Å². The van der Waals surface area contributed by atoms with Gasteiger partial charge in [-0.1, -0.05) is 66.2 Å². The number of hydrogen-bond acceptors (Lipinski definition) is 4. The molecule has 0 spiro atoms. The number of carbonyl (C=O) groups excluding carboxylic acids is 1. The first-order valence-corrected chi connectivity index (χ1v) is 11.1. The highest BCUT2D eigenvalue weighted by molar-refractivity contribution is 6.30. The minimum atomic E-state index is -0.316. The Morgan fingerprint density at radius 3 is 2.18 bits per heavy atom. The van der Waals surface area contributed by atoms with Gasteiger partial charge in [-0.05, 0) is 59.7 Å². The fourth-order valence-corrected chi connectivity index (χ4v) is 3.25. The van der Waals surface area contributed by atoms with Crippen molar-refractivity contribution in [3.8, 4) is 11.5 Å². The molecule has 0 aliphatic rings. The Bertz CT molecular complexity index is 1240. The van der Waals surface area contributed by atoms with E-state index in [0.717, 1.165) is 16.7 Å². The Kier molecular flexibility index (Phi) is 7.93. The number of amides is 1. The topological polar surface area (TPSA) is 59.9 Å². The summed E-state index contributed by atoms with van der Waals surface area (Å²) in [5, 5.41) is 4.78. The molecule has 0 atom stereocenters. The number of rotatable bonds is 9. The summed E-state index contributed by atoms with van der Waals surface area (Å²) in [7, 11) is 0. The monoisotopic (exact) mass is 470 g/mol. The lowest BCUT2D eigenvalue weighted by Gasteiger charge is -2.09. The molecule has 0 saturated heterocycles. The molecule has 0 saturated carbocycles. The van der Waals surface area contributed by atoms with Crippen LogP contribution < -0.4 is 14.9 Å². The van der Waals surface area contributed by atoms with Crippen LogP contribution in [0.2, 0.25) is 5.02 Å². The van der Waals surface area contributed by atoms with Crippen molar-refractivity contribution in [3.63, 3.8) is 0 Å². The van der Waals surface area contributed by atoms with E-state index in [1.807, 2.05) is 78.9 Å². The van der Waals surface area contributed by atoms with Gasteiger partial charge in [-0.2, -0.15) is 5.10 Å². The van der Waals surface area contributed by atoms with E-state index in [1.165, 1.54) is 0 Å². The van der Waals surface area contributed by atoms with Crippen molar-refractivity contribution in [1.82, 2.24) is 5.43 Å². The summed E-state index contributed by atoms with van der Waals surface area (Å²) in [5.41, 5.74) is 5.88. The predicted molar refractivity (Wildman–Crippen MR) is 135 cm³/mol. The Hall–Kier alpha value is -4.09. The Morgan fingerprint density at radius 1 is 0.765 bits per heavy atom. The van der Waals surface area contributed by atoms with Crippen LogP contribution >= 0.6 is 11.6 Å². The molecule has 1 N–H and O–H groups in total. The highest BCUT2D eigenvalue weighted by Gasteiger charge is 2.06. The van der Waals surface area contributed by atoms with E-state index in [1.54, 1.807) is 30.5 Å². The molecule has 0 heterocycles. The first kappa shape index (κ1) is 23.1. The summed E-state index contributed by atoms with van der Waals surface area (Å²) in [6, 6.07) is 31.8. The molecule has 34 heavy (non-hydrogen) atoms. The minimum absolute atomic E-state index is 0.316. The average Bonchev–Trinajstić information content (AvgIpc) is 2.88. The van der Waals surface area contributed by atoms with Gasteiger partial charge >= 0.3 is 0 Å². The van der Waals surface area contributed by atoms with Crippen LogP contribution in [-0.2, 0) is 13.2 Å². The quantitative estimate of drug-likeness (QED) is 0.232. The zero-order valence-electron chi connectivity index (χ0n) is 18.4. The standard InChI is InChI=1S/C28H23ClN2O3/c29-25-14-10-22(11-15-25)19-33-26-16-12-23(13-17-26)28(32)31-30-18-24-8-4-5-9-27(24)34-20-21-6-2-1-3-7-21/h1-18H,19-20H2,(H,31,32). The van der Waals surface area contributed by atoms with Crippen molar-refractivity contribution in [2.45, 2.75) is 13.2 Å². The van der Waals surface area contributed by atoms with Gasteiger partial charge in [0.15, 0.2) is 0 Å². The van der Waals surface area contributed by atoms with Crippen LogP contribution in [0.15, 0.2) is 108 Å². The number of halogens is 1. The van der Waals surface area contributed by atoms with Crippen LogP contribution in [-0.4, -0.2) is 12.1 Å². The third-order valence-corrected chi connectivity index (χ3v) is 5.21. The molecule has 170 valence electrons. The number of hydrogen-bond donors (Lipinski definition) is 1. The summed E-state index contributed by atoms with van der Waals surface area (Å²) in [5.74, 6) is 1.04. The number of hydrazone groups is 1. The van der Waals surface area contributed by atoms with Crippen molar-refractivity contribution >= 4 is 23.7 Å². The zero-order valence-corrected chi connectivity index (χ0v) is 19.1. The molecule has 0 bridgehead atoms. The van der Waals surface area contributed by atoms with E-state index < -0.39 is 0 Å². The van der Waals surface area contributed by atoms with E-state index in [-0.39, 0.29) is 5.91 Å². The van der Waals surface area contributed by atoms with Crippen molar-refractivity contribution < 1.29 is 14.3 Å². The van der Waals surface area contributed by atoms with Gasteiger partial charge in [-0.15, -0.1) is 0 Å². The first-order chi connectivity index (χ1) is 16.7. The Morgan fingerprint density at radius 2 is 1.41 bits per heavy atom. The van der Waals surface area contributed by atoms with Crippen LogP contribution in [0.4, 0.5) is 0 Å². The molecule has 4 aromatic rings. The molecular formula is C28H23ClN2O3. The Labute approximate surface area is 203 Å². The van der Waals surface area contributed by atoms with Gasteiger partial charge in [0.1, 0.15) is 24.7 Å². The summed E-state index contributed by atoms with van der Waals surface area (Å²) in [6.07, 6.45) is 1.57. The summed E-state index contributed by atoms with van der Waals surface area (Å²) >= 11 is 5.90. The van der Waals surface area contributed by atoms with Crippen LogP contribution in [0.3, 0.4) is 0 Å². The van der Waals surface area contributed by atoms with Gasteiger partial charge in [-0.3, -0.25) is 4.79 Å². The second-order valence-electron chi connectivity index (χ2n) is 7.45. The lowest BCUT2D eigenvalue weighted by atomic mass is 10.2. The SMILES string of the molecule is O=C(NN=Cc1ccccc1OCc1ccccc1)c1ccc(OCc2ccc(Cl)cc2)cc1. The third kappa shape index (κ3) is 6.70. The molecule has 6 heteroatoms. The average molecular weight is 471 g/mol. The minimum Gasteiger partial charge on any atom is -0.489 e. The molecule has 1 amide bonds. The Balaban J connectivity index is 1.30. The molecule has 0 fully saturated rings. The van der Waals surface area contributed by atoms with E-state index in [4.69, 9.17) is 21.1 Å². The van der Waals surface area contributed by atoms with Crippen LogP contribution in [0.1, 0.15) is 27.0 Å². The van der Waals surface area contributed by atoms with Gasteiger partial charge in [0.2, 0.25) is 0 Å². The van der Waals surface area contributed by atoms with E-state index in [9.17, 15) is 4.79 Å². The maximum absolute atomic E-state index is 12.4. The van der Waals surface area contributed by atoms with Crippen LogP contribution in [0.5, 0.6) is 11.5 Å². The smallest absolute Gasteiger partial charge is 0.271 e. The van der Waals surface area contributed by atoms with Gasteiger partial charge in [-0.25, -0.2) is 5.43 Å². The number of carbonyl (C=O) groups is 1. The summed E-state index contributed by atoms with van der Waals surface area (Å²) in [4.78, 5) is 12.4.